The summed E-state index contributed by atoms with van der Waals surface area (Å²) >= 11 is 6.18. The summed E-state index contributed by atoms with van der Waals surface area (Å²) in [6.45, 7) is 0. The number of hydrogen-bond donors (Lipinski definition) is 0. The van der Waals surface area contributed by atoms with E-state index in [-0.39, 0.29) is 5.82 Å². The molecule has 0 atom stereocenters. The van der Waals surface area contributed by atoms with Gasteiger partial charge in [0.1, 0.15) is 5.82 Å². The van der Waals surface area contributed by atoms with Gasteiger partial charge in [-0.2, -0.15) is 0 Å². The lowest BCUT2D eigenvalue weighted by Crippen LogP contribution is -1.74. The Morgan fingerprint density at radius 1 is 1.44 bits per heavy atom. The van der Waals surface area contributed by atoms with E-state index in [1.54, 1.807) is 6.07 Å². The fraction of sp³-hybridized carbons (Fsp3) is 0. The Morgan fingerprint density at radius 2 is 2.11 bits per heavy atom. The van der Waals surface area contributed by atoms with Gasteiger partial charge in [0.25, 0.3) is 0 Å². The van der Waals surface area contributed by atoms with Crippen molar-refractivity contribution in [1.82, 2.24) is 0 Å². The molecule has 0 bridgehead atoms. The van der Waals surface area contributed by atoms with E-state index in [0.717, 1.165) is 4.47 Å². The molecule has 1 aromatic carbocycles. The van der Waals surface area contributed by atoms with E-state index in [1.807, 2.05) is 0 Å². The monoisotopic (exact) mass is 251 g/mol. The molecule has 0 spiro atoms. The van der Waals surface area contributed by atoms with Crippen LogP contribution in [0.15, 0.2) is 21.1 Å². The van der Waals surface area contributed by atoms with E-state index >= 15 is 0 Å². The van der Waals surface area contributed by atoms with Crippen LogP contribution in [0.25, 0.3) is 0 Å². The fourth-order valence-corrected chi connectivity index (χ4v) is 1.44. The fourth-order valence-electron chi connectivity index (χ4n) is 0.427. The molecule has 1 rings (SSSR count). The van der Waals surface area contributed by atoms with Crippen molar-refractivity contribution in [2.75, 3.05) is 0 Å². The Labute approximate surface area is 69.3 Å². The molecule has 1 radical (unpaired) electrons. The maximum Gasteiger partial charge on any atom is 0.145 e. The number of hydrogen-bond acceptors (Lipinski definition) is 0. The van der Waals surface area contributed by atoms with Gasteiger partial charge in [-0.05, 0) is 28.1 Å². The third-order valence-electron chi connectivity index (χ3n) is 0.811. The standard InChI is InChI=1S/C6H2Br2F/c7-4-1-2-6(9)5(8)3-4/h1,3H. The summed E-state index contributed by atoms with van der Waals surface area (Å²) in [5.41, 5.74) is 0. The average Bonchev–Trinajstić information content (AvgIpc) is 1.80. The summed E-state index contributed by atoms with van der Waals surface area (Å²) in [4.78, 5) is 0. The van der Waals surface area contributed by atoms with Gasteiger partial charge in [0.2, 0.25) is 0 Å². The van der Waals surface area contributed by atoms with Gasteiger partial charge in [0.05, 0.1) is 4.47 Å². The molecule has 3 heteroatoms. The van der Waals surface area contributed by atoms with Gasteiger partial charge in [-0.3, -0.25) is 0 Å². The van der Waals surface area contributed by atoms with Crippen molar-refractivity contribution in [3.63, 3.8) is 0 Å². The molecule has 0 saturated carbocycles. The highest BCUT2D eigenvalue weighted by atomic mass is 79.9. The van der Waals surface area contributed by atoms with E-state index in [1.165, 1.54) is 6.07 Å². The maximum absolute atomic E-state index is 12.4. The van der Waals surface area contributed by atoms with Crippen LogP contribution in [0, 0.1) is 11.9 Å². The van der Waals surface area contributed by atoms with Gasteiger partial charge in [0.15, 0.2) is 0 Å². The Balaban J connectivity index is 3.17. The van der Waals surface area contributed by atoms with Gasteiger partial charge in [-0.15, -0.1) is 0 Å². The van der Waals surface area contributed by atoms with Crippen LogP contribution in [0.3, 0.4) is 0 Å². The number of benzene rings is 1. The molecule has 0 N–H and O–H groups in total. The summed E-state index contributed by atoms with van der Waals surface area (Å²) in [6.07, 6.45) is 0. The minimum atomic E-state index is -0.363. The second kappa shape index (κ2) is 2.80. The first kappa shape index (κ1) is 7.22. The van der Waals surface area contributed by atoms with E-state index in [0.29, 0.717) is 4.47 Å². The molecule has 9 heavy (non-hydrogen) atoms. The molecule has 0 saturated heterocycles. The molecule has 0 heterocycles. The van der Waals surface area contributed by atoms with Crippen molar-refractivity contribution < 1.29 is 4.39 Å². The van der Waals surface area contributed by atoms with Gasteiger partial charge >= 0.3 is 0 Å². The summed E-state index contributed by atoms with van der Waals surface area (Å²) in [5.74, 6) is -0.363. The summed E-state index contributed by atoms with van der Waals surface area (Å²) in [7, 11) is 0. The maximum atomic E-state index is 12.4. The smallest absolute Gasteiger partial charge is 0.145 e. The minimum absolute atomic E-state index is 0.363. The van der Waals surface area contributed by atoms with Crippen molar-refractivity contribution >= 4 is 31.9 Å². The minimum Gasteiger partial charge on any atom is -0.205 e. The van der Waals surface area contributed by atoms with Crippen molar-refractivity contribution in [3.8, 4) is 0 Å². The van der Waals surface area contributed by atoms with Crippen molar-refractivity contribution in [2.45, 2.75) is 0 Å². The van der Waals surface area contributed by atoms with Gasteiger partial charge in [0, 0.05) is 10.5 Å². The third-order valence-corrected chi connectivity index (χ3v) is 1.85. The molecule has 0 aliphatic heterocycles. The molecule has 1 aromatic rings. The van der Waals surface area contributed by atoms with E-state index in [2.05, 4.69) is 37.9 Å². The zero-order valence-electron chi connectivity index (χ0n) is 4.29. The van der Waals surface area contributed by atoms with E-state index in [9.17, 15) is 4.39 Å². The summed E-state index contributed by atoms with van der Waals surface area (Å²) in [5, 5.41) is 0. The average molecular weight is 253 g/mol. The highest BCUT2D eigenvalue weighted by Crippen LogP contribution is 2.19. The molecule has 0 fully saturated rings. The van der Waals surface area contributed by atoms with Gasteiger partial charge in [-0.25, -0.2) is 4.39 Å². The molecule has 47 valence electrons. The highest BCUT2D eigenvalue weighted by molar-refractivity contribution is 9.11. The largest absolute Gasteiger partial charge is 0.205 e. The second-order valence-electron chi connectivity index (χ2n) is 1.48. The topological polar surface area (TPSA) is 0 Å². The predicted molar refractivity (Wildman–Crippen MR) is 40.6 cm³/mol. The van der Waals surface area contributed by atoms with Gasteiger partial charge < -0.3 is 0 Å². The Morgan fingerprint density at radius 3 is 2.56 bits per heavy atom. The molecular formula is C6H2Br2F. The van der Waals surface area contributed by atoms with E-state index in [4.69, 9.17) is 0 Å². The van der Waals surface area contributed by atoms with E-state index < -0.39 is 0 Å². The van der Waals surface area contributed by atoms with Crippen LogP contribution < -0.4 is 0 Å². The van der Waals surface area contributed by atoms with Crippen molar-refractivity contribution in [2.24, 2.45) is 0 Å². The van der Waals surface area contributed by atoms with Crippen LogP contribution >= 0.6 is 31.9 Å². The zero-order valence-corrected chi connectivity index (χ0v) is 7.46. The van der Waals surface area contributed by atoms with Gasteiger partial charge in [-0.1, -0.05) is 15.9 Å². The Hall–Kier alpha value is 0.110. The van der Waals surface area contributed by atoms with Crippen LogP contribution in [-0.2, 0) is 0 Å². The molecule has 0 aliphatic carbocycles. The normalized spacial score (nSPS) is 9.67. The van der Waals surface area contributed by atoms with Crippen LogP contribution in [0.2, 0.25) is 0 Å². The molecule has 0 unspecified atom stereocenters. The Kier molecular flexibility index (Phi) is 2.24. The lowest BCUT2D eigenvalue weighted by atomic mass is 10.4. The quantitative estimate of drug-likeness (QED) is 0.623. The summed E-state index contributed by atoms with van der Waals surface area (Å²) < 4.78 is 13.6. The molecule has 0 aromatic heterocycles. The van der Waals surface area contributed by atoms with Crippen LogP contribution in [0.1, 0.15) is 0 Å². The van der Waals surface area contributed by atoms with Crippen molar-refractivity contribution in [1.29, 1.82) is 0 Å². The zero-order chi connectivity index (χ0) is 6.85. The van der Waals surface area contributed by atoms with Crippen LogP contribution in [-0.4, -0.2) is 0 Å². The lowest BCUT2D eigenvalue weighted by molar-refractivity contribution is 0.618. The highest BCUT2D eigenvalue weighted by Gasteiger charge is 1.96. The molecular weight excluding hydrogens is 251 g/mol. The third kappa shape index (κ3) is 1.76. The molecule has 0 aliphatic rings. The molecule has 0 nitrogen and oxygen atoms in total. The second-order valence-corrected chi connectivity index (χ2v) is 3.25. The van der Waals surface area contributed by atoms with Crippen molar-refractivity contribution in [3.05, 3.63) is 33.0 Å². The Bertz CT molecular complexity index is 222. The first-order chi connectivity index (χ1) is 4.20. The SMILES string of the molecule is Fc1[c]cc(Br)cc1Br. The predicted octanol–water partition coefficient (Wildman–Crippen LogP) is 3.15. The number of rotatable bonds is 0. The van der Waals surface area contributed by atoms with Crippen LogP contribution in [0.4, 0.5) is 4.39 Å². The lowest BCUT2D eigenvalue weighted by Gasteiger charge is -1.91. The first-order valence-electron chi connectivity index (χ1n) is 2.22. The van der Waals surface area contributed by atoms with Crippen LogP contribution in [0.5, 0.6) is 0 Å². The number of halogens is 3. The first-order valence-corrected chi connectivity index (χ1v) is 3.81. The molecule has 0 amide bonds. The summed E-state index contributed by atoms with van der Waals surface area (Å²) in [6, 6.07) is 5.57.